The Morgan fingerprint density at radius 1 is 0.900 bits per heavy atom. The second-order valence-electron chi connectivity index (χ2n) is 9.50. The molecule has 3 heterocycles. The number of carbonyl (C=O) groups excluding carboxylic acids is 3. The van der Waals surface area contributed by atoms with Crippen molar-refractivity contribution < 1.29 is 32.7 Å². The molecule has 2 atom stereocenters. The summed E-state index contributed by atoms with van der Waals surface area (Å²) in [5.41, 5.74) is 2.05. The summed E-state index contributed by atoms with van der Waals surface area (Å²) in [6, 6.07) is 26.2. The van der Waals surface area contributed by atoms with Gasteiger partial charge in [-0.05, 0) is 47.5 Å². The first-order chi connectivity index (χ1) is 19.5. The molecule has 5 aromatic rings. The summed E-state index contributed by atoms with van der Waals surface area (Å²) in [7, 11) is 1.51. The molecule has 200 valence electrons. The van der Waals surface area contributed by atoms with E-state index in [2.05, 4.69) is 0 Å². The second-order valence-corrected chi connectivity index (χ2v) is 9.50. The lowest BCUT2D eigenvalue weighted by Crippen LogP contribution is -2.30. The predicted molar refractivity (Wildman–Crippen MR) is 145 cm³/mol. The largest absolute Gasteiger partial charge is 0.493 e. The van der Waals surface area contributed by atoms with Crippen LogP contribution >= 0.6 is 0 Å². The van der Waals surface area contributed by atoms with Crippen molar-refractivity contribution in [2.45, 2.75) is 19.2 Å². The number of carbonyl (C=O) groups is 3. The maximum absolute atomic E-state index is 13.8. The lowest BCUT2D eigenvalue weighted by Gasteiger charge is -2.27. The highest BCUT2D eigenvalue weighted by atomic mass is 16.5. The molecule has 0 saturated carbocycles. The van der Waals surface area contributed by atoms with E-state index in [1.807, 2.05) is 42.5 Å². The van der Waals surface area contributed by atoms with Crippen molar-refractivity contribution >= 4 is 28.4 Å². The normalized spacial score (nSPS) is 17.0. The summed E-state index contributed by atoms with van der Waals surface area (Å²) in [4.78, 5) is 41.9. The lowest BCUT2D eigenvalue weighted by molar-refractivity contribution is -0.141. The van der Waals surface area contributed by atoms with Crippen LogP contribution in [0, 0.1) is 5.92 Å². The minimum atomic E-state index is -1.32. The maximum atomic E-state index is 13.8. The van der Waals surface area contributed by atoms with Gasteiger partial charge in [-0.15, -0.1) is 0 Å². The third kappa shape index (κ3) is 4.64. The molecule has 0 bridgehead atoms. The number of furan rings is 2. The average Bonchev–Trinajstić information content (AvgIpc) is 3.72. The van der Waals surface area contributed by atoms with Gasteiger partial charge >= 0.3 is 0 Å². The number of fused-ring (bicyclic) bond motifs is 1. The standard InChI is InChI=1S/C32H25NO7/c1-37-26-17-22(13-14-25(26)39-19-20-8-3-2-4-9-20)29-28(30(34)27-16-21-10-5-6-12-24(21)40-27)31(35)32(36)33(29)18-23-11-7-15-38-23/h2-17,28-29H,18-19H2,1H3. The van der Waals surface area contributed by atoms with E-state index in [-0.39, 0.29) is 12.3 Å². The Balaban J connectivity index is 1.38. The Kier molecular flexibility index (Phi) is 6.66. The second kappa shape index (κ2) is 10.6. The van der Waals surface area contributed by atoms with E-state index < -0.39 is 29.4 Å². The van der Waals surface area contributed by atoms with Gasteiger partial charge in [-0.3, -0.25) is 14.4 Å². The van der Waals surface area contributed by atoms with Crippen LogP contribution < -0.4 is 9.47 Å². The molecule has 1 fully saturated rings. The summed E-state index contributed by atoms with van der Waals surface area (Å²) in [5, 5.41) is 0.730. The molecular weight excluding hydrogens is 510 g/mol. The number of ketones is 2. The molecule has 8 nitrogen and oxygen atoms in total. The van der Waals surface area contributed by atoms with Crippen molar-refractivity contribution in [3.05, 3.63) is 120 Å². The molecule has 0 radical (unpaired) electrons. The zero-order chi connectivity index (χ0) is 27.6. The van der Waals surface area contributed by atoms with Crippen LogP contribution in [0.2, 0.25) is 0 Å². The smallest absolute Gasteiger partial charge is 0.291 e. The predicted octanol–water partition coefficient (Wildman–Crippen LogP) is 5.77. The number of nitrogens with zero attached hydrogens (tertiary/aromatic N) is 1. The van der Waals surface area contributed by atoms with Gasteiger partial charge in [0.25, 0.3) is 5.91 Å². The highest BCUT2D eigenvalue weighted by molar-refractivity contribution is 6.43. The number of rotatable bonds is 9. The molecule has 1 aliphatic rings. The SMILES string of the molecule is COc1cc(C2C(C(=O)c3cc4ccccc4o3)C(=O)C(=O)N2Cc2ccco2)ccc1OCc1ccccc1. The van der Waals surface area contributed by atoms with Crippen molar-refractivity contribution in [3.8, 4) is 11.5 Å². The van der Waals surface area contributed by atoms with E-state index in [0.717, 1.165) is 10.9 Å². The highest BCUT2D eigenvalue weighted by Crippen LogP contribution is 2.42. The number of methoxy groups -OCH3 is 1. The molecule has 40 heavy (non-hydrogen) atoms. The summed E-state index contributed by atoms with van der Waals surface area (Å²) in [6.07, 6.45) is 1.49. The first-order valence-electron chi connectivity index (χ1n) is 12.8. The maximum Gasteiger partial charge on any atom is 0.291 e. The molecule has 2 unspecified atom stereocenters. The van der Waals surface area contributed by atoms with Crippen LogP contribution in [-0.2, 0) is 22.7 Å². The number of hydrogen-bond acceptors (Lipinski definition) is 7. The Labute approximate surface area is 229 Å². The Morgan fingerprint density at radius 2 is 1.70 bits per heavy atom. The topological polar surface area (TPSA) is 99.2 Å². The van der Waals surface area contributed by atoms with Crippen LogP contribution in [-0.4, -0.2) is 29.5 Å². The summed E-state index contributed by atoms with van der Waals surface area (Å²) >= 11 is 0. The zero-order valence-corrected chi connectivity index (χ0v) is 21.6. The first-order valence-corrected chi connectivity index (χ1v) is 12.8. The first kappa shape index (κ1) is 25.2. The van der Waals surface area contributed by atoms with E-state index in [0.29, 0.717) is 35.0 Å². The van der Waals surface area contributed by atoms with Crippen LogP contribution in [0.3, 0.4) is 0 Å². The average molecular weight is 536 g/mol. The van der Waals surface area contributed by atoms with E-state index in [1.165, 1.54) is 18.3 Å². The van der Waals surface area contributed by atoms with Crippen LogP contribution in [0.5, 0.6) is 11.5 Å². The van der Waals surface area contributed by atoms with Gasteiger partial charge in [-0.25, -0.2) is 0 Å². The van der Waals surface area contributed by atoms with Crippen molar-refractivity contribution in [3.63, 3.8) is 0 Å². The quantitative estimate of drug-likeness (QED) is 0.134. The van der Waals surface area contributed by atoms with Gasteiger partial charge in [0.2, 0.25) is 11.6 Å². The van der Waals surface area contributed by atoms with Gasteiger partial charge in [0.15, 0.2) is 17.3 Å². The van der Waals surface area contributed by atoms with Gasteiger partial charge in [-0.1, -0.05) is 54.6 Å². The number of likely N-dealkylation sites (tertiary alicyclic amines) is 1. The molecule has 3 aromatic carbocycles. The fourth-order valence-corrected chi connectivity index (χ4v) is 5.08. The van der Waals surface area contributed by atoms with Crippen LogP contribution in [0.1, 0.15) is 33.5 Å². The summed E-state index contributed by atoms with van der Waals surface area (Å²) in [5.74, 6) is -2.04. The third-order valence-electron chi connectivity index (χ3n) is 7.03. The number of benzene rings is 3. The fourth-order valence-electron chi connectivity index (χ4n) is 5.08. The number of para-hydroxylation sites is 1. The van der Waals surface area contributed by atoms with E-state index >= 15 is 0 Å². The van der Waals surface area contributed by atoms with E-state index in [1.54, 1.807) is 48.5 Å². The molecule has 0 N–H and O–H groups in total. The molecule has 1 aliphatic heterocycles. The van der Waals surface area contributed by atoms with Crippen LogP contribution in [0.15, 0.2) is 106 Å². The summed E-state index contributed by atoms with van der Waals surface area (Å²) < 4.78 is 22.9. The van der Waals surface area contributed by atoms with Gasteiger partial charge < -0.3 is 23.2 Å². The molecule has 0 spiro atoms. The minimum Gasteiger partial charge on any atom is -0.493 e. The van der Waals surface area contributed by atoms with Crippen molar-refractivity contribution in [1.29, 1.82) is 0 Å². The number of amides is 1. The zero-order valence-electron chi connectivity index (χ0n) is 21.6. The fraction of sp³-hybridized carbons (Fsp3) is 0.156. The van der Waals surface area contributed by atoms with Crippen molar-refractivity contribution in [2.24, 2.45) is 5.92 Å². The Hall–Kier alpha value is -5.11. The third-order valence-corrected chi connectivity index (χ3v) is 7.03. The Morgan fingerprint density at radius 3 is 2.45 bits per heavy atom. The molecule has 1 saturated heterocycles. The van der Waals surface area contributed by atoms with E-state index in [9.17, 15) is 14.4 Å². The molecule has 8 heteroatoms. The number of ether oxygens (including phenoxy) is 2. The van der Waals surface area contributed by atoms with Gasteiger partial charge in [-0.2, -0.15) is 0 Å². The van der Waals surface area contributed by atoms with Crippen molar-refractivity contribution in [2.75, 3.05) is 7.11 Å². The minimum absolute atomic E-state index is 0.0146. The van der Waals surface area contributed by atoms with Crippen LogP contribution in [0.25, 0.3) is 11.0 Å². The molecule has 0 aliphatic carbocycles. The molecular formula is C32H25NO7. The van der Waals surface area contributed by atoms with Gasteiger partial charge in [0.05, 0.1) is 26.0 Å². The number of hydrogen-bond donors (Lipinski definition) is 0. The monoisotopic (exact) mass is 535 g/mol. The van der Waals surface area contributed by atoms with E-state index in [4.69, 9.17) is 18.3 Å². The highest BCUT2D eigenvalue weighted by Gasteiger charge is 2.52. The lowest BCUT2D eigenvalue weighted by atomic mass is 9.88. The van der Waals surface area contributed by atoms with Gasteiger partial charge in [0.1, 0.15) is 23.9 Å². The van der Waals surface area contributed by atoms with Crippen LogP contribution in [0.4, 0.5) is 0 Å². The summed E-state index contributed by atoms with van der Waals surface area (Å²) in [6.45, 7) is 0.343. The molecule has 6 rings (SSSR count). The Bertz CT molecular complexity index is 1650. The van der Waals surface area contributed by atoms with Crippen molar-refractivity contribution in [1.82, 2.24) is 4.90 Å². The molecule has 1 amide bonds. The van der Waals surface area contributed by atoms with Gasteiger partial charge in [0, 0.05) is 5.39 Å². The molecule has 2 aromatic heterocycles. The number of Topliss-reactive ketones (excluding diaryl/α,β-unsaturated/α-hetero) is 2.